The van der Waals surface area contributed by atoms with Crippen LogP contribution in [0, 0.1) is 27.3 Å². The van der Waals surface area contributed by atoms with E-state index in [-0.39, 0.29) is 27.7 Å². The van der Waals surface area contributed by atoms with E-state index in [0.29, 0.717) is 30.1 Å². The second kappa shape index (κ2) is 6.71. The molecule has 3 rings (SSSR count). The molecule has 0 amide bonds. The number of nitriles is 2. The van der Waals surface area contributed by atoms with Crippen LogP contribution in [0.5, 0.6) is 5.75 Å². The number of hydrogen-bond donors (Lipinski definition) is 2. The number of H-pyrrole nitrogens is 1. The van der Waals surface area contributed by atoms with E-state index in [0.717, 1.165) is 6.42 Å². The van der Waals surface area contributed by atoms with E-state index in [1.54, 1.807) is 24.3 Å². The SMILES string of the molecule is N#Cc1c(N)[nH]c(=S)c(C#N)c1-c1ccc(OC2CCOC2)cc1. The minimum atomic E-state index is 0.0569. The molecule has 1 saturated heterocycles. The third-order valence-corrected chi connectivity index (χ3v) is 4.11. The van der Waals surface area contributed by atoms with Crippen molar-refractivity contribution in [3.63, 3.8) is 0 Å². The van der Waals surface area contributed by atoms with Gasteiger partial charge in [-0.15, -0.1) is 0 Å². The number of rotatable bonds is 3. The Bertz CT molecular complexity index is 900. The van der Waals surface area contributed by atoms with Gasteiger partial charge in [0.1, 0.15) is 40.0 Å². The molecule has 0 bridgehead atoms. The number of benzene rings is 1. The van der Waals surface area contributed by atoms with Gasteiger partial charge in [0.15, 0.2) is 0 Å². The summed E-state index contributed by atoms with van der Waals surface area (Å²) < 4.78 is 11.3. The van der Waals surface area contributed by atoms with Gasteiger partial charge in [0.2, 0.25) is 0 Å². The molecule has 1 aromatic heterocycles. The van der Waals surface area contributed by atoms with E-state index in [4.69, 9.17) is 27.4 Å². The standard InChI is InChI=1S/C17H14N4O2S/c18-7-13-15(14(8-19)17(24)21-16(13)20)10-1-3-11(4-2-10)23-12-5-6-22-9-12/h1-4,12H,5-6,9H2,(H3,20,21,24). The highest BCUT2D eigenvalue weighted by Crippen LogP contribution is 2.32. The van der Waals surface area contributed by atoms with Gasteiger partial charge in [-0.25, -0.2) is 0 Å². The van der Waals surface area contributed by atoms with E-state index in [1.165, 1.54) is 0 Å². The third kappa shape index (κ3) is 2.95. The van der Waals surface area contributed by atoms with E-state index in [1.807, 2.05) is 12.1 Å². The minimum absolute atomic E-state index is 0.0569. The molecule has 1 aliphatic rings. The Morgan fingerprint density at radius 1 is 1.21 bits per heavy atom. The zero-order chi connectivity index (χ0) is 17.1. The summed E-state index contributed by atoms with van der Waals surface area (Å²) in [6.07, 6.45) is 0.921. The zero-order valence-corrected chi connectivity index (χ0v) is 13.5. The van der Waals surface area contributed by atoms with Crippen molar-refractivity contribution in [2.45, 2.75) is 12.5 Å². The van der Waals surface area contributed by atoms with E-state index in [2.05, 4.69) is 4.98 Å². The molecule has 1 aliphatic heterocycles. The summed E-state index contributed by atoms with van der Waals surface area (Å²) in [5.74, 6) is 0.861. The summed E-state index contributed by atoms with van der Waals surface area (Å²) >= 11 is 5.15. The first-order valence-electron chi connectivity index (χ1n) is 7.35. The third-order valence-electron chi connectivity index (χ3n) is 3.80. The Hall–Kier alpha value is -2.87. The van der Waals surface area contributed by atoms with Gasteiger partial charge in [-0.3, -0.25) is 0 Å². The summed E-state index contributed by atoms with van der Waals surface area (Å²) in [5.41, 5.74) is 7.40. The Labute approximate surface area is 144 Å². The van der Waals surface area contributed by atoms with Crippen molar-refractivity contribution in [1.29, 1.82) is 10.5 Å². The van der Waals surface area contributed by atoms with Gasteiger partial charge in [0, 0.05) is 12.0 Å². The molecule has 1 fully saturated rings. The monoisotopic (exact) mass is 338 g/mol. The first-order valence-corrected chi connectivity index (χ1v) is 7.75. The van der Waals surface area contributed by atoms with E-state index < -0.39 is 0 Å². The maximum Gasteiger partial charge on any atom is 0.124 e. The number of pyridine rings is 1. The summed E-state index contributed by atoms with van der Waals surface area (Å²) in [6.45, 7) is 1.30. The Morgan fingerprint density at radius 2 is 1.92 bits per heavy atom. The normalized spacial score (nSPS) is 16.3. The molecule has 120 valence electrons. The average molecular weight is 338 g/mol. The van der Waals surface area contributed by atoms with Crippen molar-refractivity contribution in [2.24, 2.45) is 0 Å². The van der Waals surface area contributed by atoms with Gasteiger partial charge in [0.25, 0.3) is 0 Å². The molecule has 24 heavy (non-hydrogen) atoms. The molecule has 6 nitrogen and oxygen atoms in total. The van der Waals surface area contributed by atoms with Gasteiger partial charge < -0.3 is 20.2 Å². The van der Waals surface area contributed by atoms with Crippen LogP contribution < -0.4 is 10.5 Å². The molecular formula is C17H14N4O2S. The first-order chi connectivity index (χ1) is 11.6. The molecule has 7 heteroatoms. The Balaban J connectivity index is 2.01. The van der Waals surface area contributed by atoms with Crippen LogP contribution in [0.25, 0.3) is 11.1 Å². The molecule has 2 heterocycles. The fourth-order valence-corrected chi connectivity index (χ4v) is 2.89. The molecule has 1 unspecified atom stereocenters. The number of aromatic amines is 1. The second-order valence-corrected chi connectivity index (χ2v) is 5.75. The van der Waals surface area contributed by atoms with Crippen LogP contribution in [-0.2, 0) is 4.74 Å². The molecule has 3 N–H and O–H groups in total. The molecule has 0 spiro atoms. The summed E-state index contributed by atoms with van der Waals surface area (Å²) in [5, 5.41) is 18.8. The van der Waals surface area contributed by atoms with Crippen molar-refractivity contribution in [1.82, 2.24) is 4.98 Å². The predicted molar refractivity (Wildman–Crippen MR) is 90.8 cm³/mol. The topological polar surface area (TPSA) is 108 Å². The molecule has 0 saturated carbocycles. The van der Waals surface area contributed by atoms with Crippen LogP contribution in [0.15, 0.2) is 24.3 Å². The lowest BCUT2D eigenvalue weighted by Gasteiger charge is -2.13. The first kappa shape index (κ1) is 16.0. The smallest absolute Gasteiger partial charge is 0.124 e. The van der Waals surface area contributed by atoms with Gasteiger partial charge >= 0.3 is 0 Å². The summed E-state index contributed by atoms with van der Waals surface area (Å²) in [7, 11) is 0. The number of nitrogens with zero attached hydrogens (tertiary/aromatic N) is 2. The predicted octanol–water partition coefficient (Wildman–Crippen LogP) is 2.90. The number of anilines is 1. The van der Waals surface area contributed by atoms with Gasteiger partial charge in [0.05, 0.1) is 18.8 Å². The van der Waals surface area contributed by atoms with E-state index in [9.17, 15) is 10.5 Å². The highest BCUT2D eigenvalue weighted by atomic mass is 32.1. The Morgan fingerprint density at radius 3 is 2.50 bits per heavy atom. The van der Waals surface area contributed by atoms with Crippen LogP contribution in [-0.4, -0.2) is 24.3 Å². The second-order valence-electron chi connectivity index (χ2n) is 5.34. The molecule has 2 aromatic rings. The fourth-order valence-electron chi connectivity index (χ4n) is 2.63. The lowest BCUT2D eigenvalue weighted by Crippen LogP contribution is -2.15. The maximum absolute atomic E-state index is 9.39. The summed E-state index contributed by atoms with van der Waals surface area (Å²) in [6, 6.07) is 11.3. The largest absolute Gasteiger partial charge is 0.488 e. The fraction of sp³-hybridized carbons (Fsp3) is 0.235. The Kier molecular flexibility index (Phi) is 4.48. The zero-order valence-electron chi connectivity index (χ0n) is 12.7. The summed E-state index contributed by atoms with van der Waals surface area (Å²) in [4.78, 5) is 2.69. The number of nitrogens with two attached hydrogens (primary N) is 1. The molecule has 0 aliphatic carbocycles. The maximum atomic E-state index is 9.39. The molecule has 1 aromatic carbocycles. The van der Waals surface area contributed by atoms with Crippen LogP contribution in [0.1, 0.15) is 17.5 Å². The van der Waals surface area contributed by atoms with Crippen LogP contribution in [0.4, 0.5) is 5.82 Å². The van der Waals surface area contributed by atoms with Crippen LogP contribution >= 0.6 is 12.2 Å². The quantitative estimate of drug-likeness (QED) is 0.833. The van der Waals surface area contributed by atoms with Crippen molar-refractivity contribution in [2.75, 3.05) is 18.9 Å². The minimum Gasteiger partial charge on any atom is -0.488 e. The van der Waals surface area contributed by atoms with Gasteiger partial charge in [-0.1, -0.05) is 24.4 Å². The number of aromatic nitrogens is 1. The average Bonchev–Trinajstić information content (AvgIpc) is 3.08. The lowest BCUT2D eigenvalue weighted by atomic mass is 9.97. The molecule has 1 atom stereocenters. The number of nitrogens with one attached hydrogen (secondary N) is 1. The molecular weight excluding hydrogens is 324 g/mol. The van der Waals surface area contributed by atoms with Crippen LogP contribution in [0.2, 0.25) is 0 Å². The molecule has 0 radical (unpaired) electrons. The van der Waals surface area contributed by atoms with Crippen LogP contribution in [0.3, 0.4) is 0 Å². The number of hydrogen-bond acceptors (Lipinski definition) is 6. The van der Waals surface area contributed by atoms with Crippen molar-refractivity contribution in [3.8, 4) is 29.0 Å². The van der Waals surface area contributed by atoms with Crippen molar-refractivity contribution in [3.05, 3.63) is 40.0 Å². The van der Waals surface area contributed by atoms with Gasteiger partial charge in [-0.2, -0.15) is 10.5 Å². The van der Waals surface area contributed by atoms with Gasteiger partial charge in [-0.05, 0) is 17.7 Å². The van der Waals surface area contributed by atoms with Crippen molar-refractivity contribution < 1.29 is 9.47 Å². The number of nitrogen functional groups attached to an aromatic ring is 1. The van der Waals surface area contributed by atoms with E-state index >= 15 is 0 Å². The van der Waals surface area contributed by atoms with Crippen molar-refractivity contribution >= 4 is 18.0 Å². The lowest BCUT2D eigenvalue weighted by molar-refractivity contribution is 0.141. The highest BCUT2D eigenvalue weighted by molar-refractivity contribution is 7.71. The highest BCUT2D eigenvalue weighted by Gasteiger charge is 2.19. The number of ether oxygens (including phenoxy) is 2.